The third-order valence-electron chi connectivity index (χ3n) is 7.40. The molecule has 0 aliphatic carbocycles. The Hall–Kier alpha value is -3.59. The molecule has 4 rings (SSSR count). The first kappa shape index (κ1) is 31.3. The number of ether oxygens (including phenoxy) is 2. The van der Waals surface area contributed by atoms with Crippen LogP contribution in [0.25, 0.3) is 0 Å². The van der Waals surface area contributed by atoms with Gasteiger partial charge in [0.1, 0.15) is 24.0 Å². The van der Waals surface area contributed by atoms with Gasteiger partial charge in [0.15, 0.2) is 11.4 Å². The van der Waals surface area contributed by atoms with E-state index < -0.39 is 11.9 Å². The third kappa shape index (κ3) is 8.47. The van der Waals surface area contributed by atoms with E-state index in [1.807, 2.05) is 36.6 Å². The first-order chi connectivity index (χ1) is 20.2. The maximum absolute atomic E-state index is 13.3. The quantitative estimate of drug-likeness (QED) is 0.170. The average molecular weight is 591 g/mol. The van der Waals surface area contributed by atoms with Gasteiger partial charge in [0.2, 0.25) is 0 Å². The Kier molecular flexibility index (Phi) is 10.8. The molecule has 0 atom stereocenters. The topological polar surface area (TPSA) is 93.6 Å². The first-order valence-electron chi connectivity index (χ1n) is 14.6. The number of carbonyl (C=O) groups excluding carboxylic acids is 2. The summed E-state index contributed by atoms with van der Waals surface area (Å²) in [7, 11) is 0. The van der Waals surface area contributed by atoms with Crippen molar-refractivity contribution in [2.75, 3.05) is 37.4 Å². The minimum atomic E-state index is -0.503. The summed E-state index contributed by atoms with van der Waals surface area (Å²) in [5.41, 5.74) is 3.83. The molecule has 1 amide bonds. The van der Waals surface area contributed by atoms with Crippen molar-refractivity contribution in [3.05, 3.63) is 77.2 Å². The molecule has 0 spiro atoms. The smallest absolute Gasteiger partial charge is 0.325 e. The maximum atomic E-state index is 13.3. The summed E-state index contributed by atoms with van der Waals surface area (Å²) in [5.74, 6) is 0.345. The monoisotopic (exact) mass is 590 g/mol. The molecule has 0 unspecified atom stereocenters. The normalized spacial score (nSPS) is 14.0. The lowest BCUT2D eigenvalue weighted by atomic mass is 9.87. The van der Waals surface area contributed by atoms with E-state index in [1.165, 1.54) is 23.0 Å². The average Bonchev–Trinajstić information content (AvgIpc) is 2.99. The highest BCUT2D eigenvalue weighted by Gasteiger charge is 2.26. The van der Waals surface area contributed by atoms with Gasteiger partial charge in [0, 0.05) is 25.2 Å². The van der Waals surface area contributed by atoms with Crippen LogP contribution in [0.15, 0.2) is 59.6 Å². The molecular formula is C33H42N4O4S. The summed E-state index contributed by atoms with van der Waals surface area (Å²) in [4.78, 5) is 37.1. The van der Waals surface area contributed by atoms with Crippen LogP contribution in [-0.4, -0.2) is 54.3 Å². The van der Waals surface area contributed by atoms with E-state index in [0.29, 0.717) is 28.9 Å². The lowest BCUT2D eigenvalue weighted by molar-refractivity contribution is -0.141. The van der Waals surface area contributed by atoms with Gasteiger partial charge in [-0.1, -0.05) is 63.2 Å². The van der Waals surface area contributed by atoms with E-state index in [1.54, 1.807) is 6.92 Å². The Morgan fingerprint density at radius 1 is 1.02 bits per heavy atom. The summed E-state index contributed by atoms with van der Waals surface area (Å²) in [6, 6.07) is 18.6. The lowest BCUT2D eigenvalue weighted by Gasteiger charge is -2.34. The van der Waals surface area contributed by atoms with E-state index in [9.17, 15) is 9.59 Å². The number of anilines is 1. The second-order valence-electron chi connectivity index (χ2n) is 11.5. The SMILES string of the molecule is CCOC(=O)CNC(=O)c1nc(CC2CCN(c3ccc(C(C)(C)C)cc3)CC2)nc(SC)c1OCc1ccccc1. The summed E-state index contributed by atoms with van der Waals surface area (Å²) >= 11 is 1.42. The van der Waals surface area contributed by atoms with Crippen molar-refractivity contribution in [3.8, 4) is 5.75 Å². The zero-order valence-electron chi connectivity index (χ0n) is 25.3. The van der Waals surface area contributed by atoms with Crippen LogP contribution in [0, 0.1) is 5.92 Å². The molecule has 1 aliphatic heterocycles. The molecule has 0 bridgehead atoms. The number of carbonyl (C=O) groups is 2. The molecule has 8 nitrogen and oxygen atoms in total. The van der Waals surface area contributed by atoms with Gasteiger partial charge in [-0.2, -0.15) is 0 Å². The summed E-state index contributed by atoms with van der Waals surface area (Å²) in [6.07, 6.45) is 4.60. The van der Waals surface area contributed by atoms with Crippen molar-refractivity contribution >= 4 is 29.3 Å². The van der Waals surface area contributed by atoms with Crippen LogP contribution in [0.4, 0.5) is 5.69 Å². The maximum Gasteiger partial charge on any atom is 0.325 e. The highest BCUT2D eigenvalue weighted by Crippen LogP contribution is 2.32. The number of rotatable bonds is 11. The number of thioether (sulfide) groups is 1. The number of aromatic nitrogens is 2. The molecule has 1 fully saturated rings. The van der Waals surface area contributed by atoms with Gasteiger partial charge in [-0.15, -0.1) is 11.8 Å². The number of hydrogen-bond donors (Lipinski definition) is 1. The fourth-order valence-corrected chi connectivity index (χ4v) is 5.53. The molecule has 9 heteroatoms. The minimum absolute atomic E-state index is 0.137. The van der Waals surface area contributed by atoms with Gasteiger partial charge in [-0.05, 0) is 60.6 Å². The van der Waals surface area contributed by atoms with Gasteiger partial charge >= 0.3 is 5.97 Å². The zero-order chi connectivity index (χ0) is 30.1. The van der Waals surface area contributed by atoms with E-state index in [4.69, 9.17) is 19.4 Å². The van der Waals surface area contributed by atoms with Gasteiger partial charge in [0.05, 0.1) is 6.61 Å². The number of nitrogens with zero attached hydrogens (tertiary/aromatic N) is 3. The molecular weight excluding hydrogens is 548 g/mol. The number of benzene rings is 2. The van der Waals surface area contributed by atoms with Crippen molar-refractivity contribution in [2.45, 2.75) is 64.0 Å². The Bertz CT molecular complexity index is 1330. The predicted octanol–water partition coefficient (Wildman–Crippen LogP) is 5.83. The predicted molar refractivity (Wildman–Crippen MR) is 167 cm³/mol. The highest BCUT2D eigenvalue weighted by atomic mass is 32.2. The molecule has 2 aromatic carbocycles. The fourth-order valence-electron chi connectivity index (χ4n) is 4.99. The third-order valence-corrected chi connectivity index (χ3v) is 8.06. The molecule has 1 saturated heterocycles. The molecule has 0 radical (unpaired) electrons. The number of nitrogens with one attached hydrogen (secondary N) is 1. The zero-order valence-corrected chi connectivity index (χ0v) is 26.1. The number of amides is 1. The molecule has 1 aromatic heterocycles. The van der Waals surface area contributed by atoms with Gasteiger partial charge in [-0.3, -0.25) is 9.59 Å². The van der Waals surface area contributed by atoms with Crippen molar-refractivity contribution in [1.82, 2.24) is 15.3 Å². The van der Waals surface area contributed by atoms with Crippen molar-refractivity contribution in [1.29, 1.82) is 0 Å². The van der Waals surface area contributed by atoms with E-state index >= 15 is 0 Å². The fraction of sp³-hybridized carbons (Fsp3) is 0.455. The Morgan fingerprint density at radius 2 is 1.71 bits per heavy atom. The molecule has 224 valence electrons. The first-order valence-corrected chi connectivity index (χ1v) is 15.8. The van der Waals surface area contributed by atoms with Gasteiger partial charge < -0.3 is 19.7 Å². The van der Waals surface area contributed by atoms with Crippen LogP contribution in [-0.2, 0) is 28.0 Å². The summed E-state index contributed by atoms with van der Waals surface area (Å²) in [6.45, 7) is 10.6. The van der Waals surface area contributed by atoms with Crippen LogP contribution < -0.4 is 15.0 Å². The minimum Gasteiger partial charge on any atom is -0.484 e. The van der Waals surface area contributed by atoms with Crippen LogP contribution in [0.3, 0.4) is 0 Å². The number of hydrogen-bond acceptors (Lipinski definition) is 8. The van der Waals surface area contributed by atoms with Gasteiger partial charge in [0.25, 0.3) is 5.91 Å². The standard InChI is InChI=1S/C33H42N4O4S/c1-6-40-28(38)21-34-31(39)29-30(41-22-24-10-8-7-9-11-24)32(42-5)36-27(35-29)20-23-16-18-37(19-17-23)26-14-12-25(13-15-26)33(2,3)4/h7-15,23H,6,16-22H2,1-5H3,(H,34,39). The van der Waals surface area contributed by atoms with Crippen LogP contribution in [0.5, 0.6) is 5.75 Å². The van der Waals surface area contributed by atoms with Crippen molar-refractivity contribution in [2.24, 2.45) is 5.92 Å². The second kappa shape index (κ2) is 14.5. The van der Waals surface area contributed by atoms with Crippen molar-refractivity contribution in [3.63, 3.8) is 0 Å². The number of piperidine rings is 1. The highest BCUT2D eigenvalue weighted by molar-refractivity contribution is 7.98. The molecule has 2 heterocycles. The second-order valence-corrected chi connectivity index (χ2v) is 12.3. The van der Waals surface area contributed by atoms with Crippen LogP contribution in [0.2, 0.25) is 0 Å². The molecule has 42 heavy (non-hydrogen) atoms. The Morgan fingerprint density at radius 3 is 2.33 bits per heavy atom. The molecule has 1 N–H and O–H groups in total. The Balaban J connectivity index is 1.48. The Labute approximate surface area is 253 Å². The van der Waals surface area contributed by atoms with Crippen molar-refractivity contribution < 1.29 is 19.1 Å². The van der Waals surface area contributed by atoms with E-state index in [0.717, 1.165) is 31.5 Å². The van der Waals surface area contributed by atoms with E-state index in [-0.39, 0.29) is 30.9 Å². The lowest BCUT2D eigenvalue weighted by Crippen LogP contribution is -2.35. The van der Waals surface area contributed by atoms with Crippen LogP contribution in [0.1, 0.15) is 68.0 Å². The summed E-state index contributed by atoms with van der Waals surface area (Å²) in [5, 5.41) is 3.25. The molecule has 1 aliphatic rings. The van der Waals surface area contributed by atoms with Crippen LogP contribution >= 0.6 is 11.8 Å². The molecule has 0 saturated carbocycles. The largest absolute Gasteiger partial charge is 0.484 e. The summed E-state index contributed by atoms with van der Waals surface area (Å²) < 4.78 is 11.1. The van der Waals surface area contributed by atoms with Gasteiger partial charge in [-0.25, -0.2) is 9.97 Å². The number of esters is 1. The van der Waals surface area contributed by atoms with E-state index in [2.05, 4.69) is 55.3 Å². The molecule has 3 aromatic rings.